The van der Waals surface area contributed by atoms with Gasteiger partial charge in [-0.25, -0.2) is 0 Å². The highest BCUT2D eigenvalue weighted by Gasteiger charge is 2.66. The summed E-state index contributed by atoms with van der Waals surface area (Å²) < 4.78 is 12.6. The van der Waals surface area contributed by atoms with Crippen molar-refractivity contribution < 1.29 is 24.2 Å². The molecule has 41 heavy (non-hydrogen) atoms. The molecular formula is C34H48N2O5. The lowest BCUT2D eigenvalue weighted by atomic mass is 9.51. The molecule has 1 saturated heterocycles. The normalized spacial score (nSPS) is 35.4. The van der Waals surface area contributed by atoms with Crippen molar-refractivity contribution in [3.05, 3.63) is 23.3 Å². The first kappa shape index (κ1) is 27.7. The second kappa shape index (κ2) is 10.9. The summed E-state index contributed by atoms with van der Waals surface area (Å²) in [6, 6.07) is 4.49. The first-order valence-electron chi connectivity index (χ1n) is 16.6. The monoisotopic (exact) mass is 564 g/mol. The summed E-state index contributed by atoms with van der Waals surface area (Å²) in [4.78, 5) is 30.3. The maximum atomic E-state index is 13.6. The molecule has 2 heterocycles. The third-order valence-corrected chi connectivity index (χ3v) is 11.9. The molecule has 7 heteroatoms. The Morgan fingerprint density at radius 3 is 2.71 bits per heavy atom. The van der Waals surface area contributed by atoms with E-state index in [-0.39, 0.29) is 35.5 Å². The number of esters is 1. The van der Waals surface area contributed by atoms with Crippen LogP contribution in [0.4, 0.5) is 0 Å². The molecule has 6 aliphatic rings. The molecule has 0 aromatic heterocycles. The molecule has 224 valence electrons. The van der Waals surface area contributed by atoms with Crippen LogP contribution < -0.4 is 9.47 Å². The fourth-order valence-electron chi connectivity index (χ4n) is 9.72. The van der Waals surface area contributed by atoms with Gasteiger partial charge in [-0.15, -0.1) is 0 Å². The Morgan fingerprint density at radius 2 is 1.95 bits per heavy atom. The molecule has 4 aliphatic carbocycles. The number of nitrogens with zero attached hydrogens (tertiary/aromatic N) is 2. The highest BCUT2D eigenvalue weighted by molar-refractivity contribution is 5.77. The summed E-state index contributed by atoms with van der Waals surface area (Å²) in [5, 5.41) is 10.1. The van der Waals surface area contributed by atoms with E-state index in [9.17, 15) is 14.7 Å². The second-order valence-electron chi connectivity index (χ2n) is 14.2. The SMILES string of the molecule is CC(=O)Oc1ccc2c3c1O[C@H]1[C@@H](N(C)C(=O)CCCCC4CCCCC4)CC[C@H]4[C@@H](C2)N(CC2CC2O)CC[C@@]341. The number of benzene rings is 1. The number of rotatable bonds is 9. The molecule has 1 aromatic carbocycles. The molecular weight excluding hydrogens is 516 g/mol. The lowest BCUT2D eigenvalue weighted by Gasteiger charge is -2.60. The number of aliphatic hydroxyl groups excluding tert-OH is 1. The van der Waals surface area contributed by atoms with Crippen molar-refractivity contribution in [1.82, 2.24) is 9.80 Å². The predicted molar refractivity (Wildman–Crippen MR) is 156 cm³/mol. The third kappa shape index (κ3) is 4.79. The number of likely N-dealkylation sites (N-methyl/N-ethyl adjacent to an activating group) is 1. The smallest absolute Gasteiger partial charge is 0.308 e. The van der Waals surface area contributed by atoms with Gasteiger partial charge in [0, 0.05) is 49.9 Å². The molecule has 2 unspecified atom stereocenters. The van der Waals surface area contributed by atoms with Crippen LogP contribution in [0.25, 0.3) is 0 Å². The second-order valence-corrected chi connectivity index (χ2v) is 14.2. The van der Waals surface area contributed by atoms with Crippen LogP contribution in [0.15, 0.2) is 12.1 Å². The summed E-state index contributed by atoms with van der Waals surface area (Å²) in [6.45, 7) is 3.40. The molecule has 7 nitrogen and oxygen atoms in total. The van der Waals surface area contributed by atoms with Gasteiger partial charge in [-0.3, -0.25) is 14.5 Å². The Balaban J connectivity index is 1.12. The van der Waals surface area contributed by atoms with Gasteiger partial charge in [-0.1, -0.05) is 51.0 Å². The molecule has 4 fully saturated rings. The average molecular weight is 565 g/mol. The van der Waals surface area contributed by atoms with Crippen molar-refractivity contribution in [2.45, 2.75) is 127 Å². The standard InChI is InChI=1S/C34H48N2O5/c1-21(37)40-29-15-12-23-18-27-25-13-14-26(35(2)30(39)11-7-6-10-22-8-4-3-5-9-22)33-34(25,31(23)32(29)41-33)16-17-36(27)20-24-19-28(24)38/h12,15,22,24-28,33,38H,3-11,13-14,16-20H2,1-2H3/t24?,25-,26-,27+,28?,33-,34-/m0/s1. The van der Waals surface area contributed by atoms with Crippen LogP contribution in [0.1, 0.15) is 102 Å². The fraction of sp³-hybridized carbons (Fsp3) is 0.765. The number of carbonyl (C=O) groups excluding carboxylic acids is 2. The first-order valence-corrected chi connectivity index (χ1v) is 16.6. The van der Waals surface area contributed by atoms with Crippen LogP contribution in [0, 0.1) is 17.8 Å². The van der Waals surface area contributed by atoms with Crippen LogP contribution in [0.3, 0.4) is 0 Å². The maximum absolute atomic E-state index is 13.6. The molecule has 1 amide bonds. The maximum Gasteiger partial charge on any atom is 0.308 e. The van der Waals surface area contributed by atoms with E-state index in [1.165, 1.54) is 56.6 Å². The van der Waals surface area contributed by atoms with Crippen LogP contribution in [0.2, 0.25) is 0 Å². The zero-order valence-electron chi connectivity index (χ0n) is 25.0. The molecule has 3 saturated carbocycles. The van der Waals surface area contributed by atoms with Crippen molar-refractivity contribution in [3.8, 4) is 11.5 Å². The van der Waals surface area contributed by atoms with Gasteiger partial charge in [0.1, 0.15) is 6.10 Å². The van der Waals surface area contributed by atoms with E-state index in [1.54, 1.807) is 0 Å². The van der Waals surface area contributed by atoms with Crippen LogP contribution >= 0.6 is 0 Å². The number of amides is 1. The Labute approximate surface area is 244 Å². The Morgan fingerprint density at radius 1 is 1.15 bits per heavy atom. The van der Waals surface area contributed by atoms with Crippen molar-refractivity contribution in [2.24, 2.45) is 17.8 Å². The topological polar surface area (TPSA) is 79.3 Å². The van der Waals surface area contributed by atoms with Gasteiger partial charge in [-0.05, 0) is 68.5 Å². The summed E-state index contributed by atoms with van der Waals surface area (Å²) in [5.74, 6) is 2.88. The number of hydrogen-bond acceptors (Lipinski definition) is 6. The number of aliphatic hydroxyl groups is 1. The number of ether oxygens (including phenoxy) is 2. The number of carbonyl (C=O) groups is 2. The number of piperidine rings is 1. The molecule has 2 aliphatic heterocycles. The van der Waals surface area contributed by atoms with Gasteiger partial charge in [0.05, 0.1) is 12.1 Å². The summed E-state index contributed by atoms with van der Waals surface area (Å²) >= 11 is 0. The summed E-state index contributed by atoms with van der Waals surface area (Å²) in [7, 11) is 2.00. The van der Waals surface area contributed by atoms with E-state index in [4.69, 9.17) is 9.47 Å². The van der Waals surface area contributed by atoms with Gasteiger partial charge in [0.15, 0.2) is 11.5 Å². The first-order chi connectivity index (χ1) is 19.9. The van der Waals surface area contributed by atoms with E-state index in [2.05, 4.69) is 11.0 Å². The predicted octanol–water partition coefficient (Wildman–Crippen LogP) is 5.00. The zero-order chi connectivity index (χ0) is 28.3. The van der Waals surface area contributed by atoms with Crippen LogP contribution in [0.5, 0.6) is 11.5 Å². The summed E-state index contributed by atoms with van der Waals surface area (Å²) in [5.41, 5.74) is 2.39. The third-order valence-electron chi connectivity index (χ3n) is 11.9. The fourth-order valence-corrected chi connectivity index (χ4v) is 9.72. The average Bonchev–Trinajstić information content (AvgIpc) is 3.55. The lowest BCUT2D eigenvalue weighted by molar-refractivity contribution is -0.140. The lowest BCUT2D eigenvalue weighted by Crippen LogP contribution is -2.69. The molecule has 1 N–H and O–H groups in total. The minimum absolute atomic E-state index is 0.0121. The van der Waals surface area contributed by atoms with E-state index in [0.29, 0.717) is 30.0 Å². The molecule has 7 atom stereocenters. The van der Waals surface area contributed by atoms with E-state index in [1.807, 2.05) is 18.0 Å². The zero-order valence-corrected chi connectivity index (χ0v) is 25.0. The van der Waals surface area contributed by atoms with Gasteiger partial charge in [0.25, 0.3) is 0 Å². The van der Waals surface area contributed by atoms with E-state index >= 15 is 0 Å². The van der Waals surface area contributed by atoms with Gasteiger partial charge < -0.3 is 19.5 Å². The molecule has 1 spiro atoms. The van der Waals surface area contributed by atoms with E-state index in [0.717, 1.165) is 69.7 Å². The molecule has 0 radical (unpaired) electrons. The largest absolute Gasteiger partial charge is 0.483 e. The van der Waals surface area contributed by atoms with Crippen LogP contribution in [-0.2, 0) is 21.4 Å². The van der Waals surface area contributed by atoms with Crippen molar-refractivity contribution in [2.75, 3.05) is 20.1 Å². The minimum Gasteiger partial charge on any atom is -0.483 e. The van der Waals surface area contributed by atoms with Gasteiger partial charge in [0.2, 0.25) is 5.91 Å². The highest BCUT2D eigenvalue weighted by atomic mass is 16.6. The number of hydrogen-bond donors (Lipinski definition) is 1. The van der Waals surface area contributed by atoms with Crippen molar-refractivity contribution in [1.29, 1.82) is 0 Å². The Kier molecular flexibility index (Phi) is 7.34. The summed E-state index contributed by atoms with van der Waals surface area (Å²) in [6.07, 6.45) is 15.5. The van der Waals surface area contributed by atoms with Gasteiger partial charge in [-0.2, -0.15) is 0 Å². The minimum atomic E-state index is -0.336. The molecule has 2 bridgehead atoms. The number of unbranched alkanes of at least 4 members (excludes halogenated alkanes) is 1. The van der Waals surface area contributed by atoms with E-state index < -0.39 is 0 Å². The number of likely N-dealkylation sites (tertiary alicyclic amines) is 1. The molecule has 7 rings (SSSR count). The van der Waals surface area contributed by atoms with Crippen molar-refractivity contribution in [3.63, 3.8) is 0 Å². The van der Waals surface area contributed by atoms with Crippen molar-refractivity contribution >= 4 is 11.9 Å². The Hall–Kier alpha value is -2.12. The molecule has 1 aromatic rings. The highest BCUT2D eigenvalue weighted by Crippen LogP contribution is 2.64. The Bertz CT molecular complexity index is 1180. The van der Waals surface area contributed by atoms with Gasteiger partial charge >= 0.3 is 5.97 Å². The quantitative estimate of drug-likeness (QED) is 0.258. The van der Waals surface area contributed by atoms with Crippen LogP contribution in [-0.4, -0.2) is 71.2 Å².